The van der Waals surface area contributed by atoms with Gasteiger partial charge in [0.05, 0.1) is 5.56 Å². The molecule has 0 bridgehead atoms. The zero-order chi connectivity index (χ0) is 22.3. The average molecular weight is 451 g/mol. The lowest BCUT2D eigenvalue weighted by Gasteiger charge is -2.12. The molecule has 1 heterocycles. The number of rotatable bonds is 8. The smallest absolute Gasteiger partial charge is 0.230 e. The molecule has 32 heavy (non-hydrogen) atoms. The summed E-state index contributed by atoms with van der Waals surface area (Å²) in [7, 11) is 0. The Kier molecular flexibility index (Phi) is 6.94. The number of para-hydroxylation sites is 1. The minimum absolute atomic E-state index is 0.281. The third kappa shape index (κ3) is 5.81. The normalized spacial score (nSPS) is 12.3. The molecule has 0 spiro atoms. The molecule has 3 aromatic carbocycles. The first kappa shape index (κ1) is 21.7. The third-order valence-corrected chi connectivity index (χ3v) is 5.42. The van der Waals surface area contributed by atoms with Crippen molar-refractivity contribution < 1.29 is 13.7 Å². The van der Waals surface area contributed by atoms with E-state index in [-0.39, 0.29) is 5.82 Å². The van der Waals surface area contributed by atoms with Gasteiger partial charge in [-0.15, -0.1) is 11.2 Å². The van der Waals surface area contributed by atoms with Crippen LogP contribution in [0.1, 0.15) is 11.1 Å². The van der Waals surface area contributed by atoms with Gasteiger partial charge < -0.3 is 14.6 Å². The van der Waals surface area contributed by atoms with Crippen LogP contribution in [0.4, 0.5) is 16.0 Å². The second-order valence-corrected chi connectivity index (χ2v) is 8.82. The van der Waals surface area contributed by atoms with Crippen molar-refractivity contribution in [2.45, 2.75) is 12.4 Å². The molecular formula is C24H23FN4O2S. The van der Waals surface area contributed by atoms with Crippen LogP contribution in [0.3, 0.4) is 0 Å². The topological polar surface area (TPSA) is 80.2 Å². The molecular weight excluding hydrogens is 427 g/mol. The standard InChI is InChI=1S/C24H23FN4O2S/c1-32(30)15-18-5-4-6-20(13-18)28-24-27-16-26-23(29-24)21-7-2-3-8-22(21)31-14-17-9-11-19(25)12-10-17/h2-13,16,30,32H,14-15H2,1H3,(H,26,27,28,29). The van der Waals surface area contributed by atoms with E-state index in [4.69, 9.17) is 4.74 Å². The fraction of sp³-hybridized carbons (Fsp3) is 0.125. The van der Waals surface area contributed by atoms with Crippen LogP contribution >= 0.6 is 11.2 Å². The van der Waals surface area contributed by atoms with Crippen molar-refractivity contribution in [2.75, 3.05) is 11.6 Å². The van der Waals surface area contributed by atoms with E-state index in [0.29, 0.717) is 29.9 Å². The van der Waals surface area contributed by atoms with Gasteiger partial charge in [0, 0.05) is 11.4 Å². The summed E-state index contributed by atoms with van der Waals surface area (Å²) >= 11 is -1.01. The highest BCUT2D eigenvalue weighted by Crippen LogP contribution is 2.29. The first-order valence-electron chi connectivity index (χ1n) is 9.98. The second-order valence-electron chi connectivity index (χ2n) is 7.19. The van der Waals surface area contributed by atoms with E-state index in [1.165, 1.54) is 18.5 Å². The summed E-state index contributed by atoms with van der Waals surface area (Å²) in [6, 6.07) is 21.5. The fourth-order valence-electron chi connectivity index (χ4n) is 3.15. The van der Waals surface area contributed by atoms with Crippen LogP contribution in [0.15, 0.2) is 79.1 Å². The van der Waals surface area contributed by atoms with Crippen molar-refractivity contribution in [2.24, 2.45) is 0 Å². The molecule has 1 atom stereocenters. The quantitative estimate of drug-likeness (QED) is 0.303. The van der Waals surface area contributed by atoms with E-state index in [2.05, 4.69) is 20.3 Å². The van der Waals surface area contributed by atoms with Gasteiger partial charge in [0.15, 0.2) is 5.82 Å². The minimum atomic E-state index is -1.01. The van der Waals surface area contributed by atoms with Crippen molar-refractivity contribution >= 4 is 22.8 Å². The van der Waals surface area contributed by atoms with Crippen molar-refractivity contribution in [3.8, 4) is 17.1 Å². The van der Waals surface area contributed by atoms with Crippen LogP contribution in [0.2, 0.25) is 0 Å². The summed E-state index contributed by atoms with van der Waals surface area (Å²) in [5.74, 6) is 1.85. The first-order chi connectivity index (χ1) is 15.6. The summed E-state index contributed by atoms with van der Waals surface area (Å²) in [6.45, 7) is 0.297. The van der Waals surface area contributed by atoms with Crippen LogP contribution in [0, 0.1) is 5.82 Å². The van der Waals surface area contributed by atoms with E-state index < -0.39 is 11.2 Å². The zero-order valence-corrected chi connectivity index (χ0v) is 18.3. The predicted octanol–water partition coefficient (Wildman–Crippen LogP) is 5.60. The van der Waals surface area contributed by atoms with Crippen LogP contribution in [-0.4, -0.2) is 25.8 Å². The summed E-state index contributed by atoms with van der Waals surface area (Å²) < 4.78 is 28.8. The van der Waals surface area contributed by atoms with E-state index in [1.54, 1.807) is 12.1 Å². The van der Waals surface area contributed by atoms with Gasteiger partial charge in [-0.2, -0.15) is 4.98 Å². The number of halogens is 1. The summed E-state index contributed by atoms with van der Waals surface area (Å²) in [4.78, 5) is 13.1. The second kappa shape index (κ2) is 10.2. The number of hydrogen-bond acceptors (Lipinski definition) is 6. The number of anilines is 2. The molecule has 0 radical (unpaired) electrons. The zero-order valence-electron chi connectivity index (χ0n) is 17.4. The Morgan fingerprint density at radius 1 is 0.969 bits per heavy atom. The number of aromatic nitrogens is 3. The largest absolute Gasteiger partial charge is 0.488 e. The Hall–Kier alpha value is -3.49. The molecule has 0 aliphatic carbocycles. The Labute approximate surface area is 188 Å². The summed E-state index contributed by atoms with van der Waals surface area (Å²) in [5.41, 5.74) is 3.46. The molecule has 6 nitrogen and oxygen atoms in total. The Balaban J connectivity index is 1.53. The molecule has 1 unspecified atom stereocenters. The third-order valence-electron chi connectivity index (χ3n) is 4.60. The van der Waals surface area contributed by atoms with Crippen LogP contribution in [0.25, 0.3) is 11.4 Å². The van der Waals surface area contributed by atoms with Crippen molar-refractivity contribution in [3.63, 3.8) is 0 Å². The summed E-state index contributed by atoms with van der Waals surface area (Å²) in [5, 5.41) is 3.20. The van der Waals surface area contributed by atoms with E-state index >= 15 is 0 Å². The maximum Gasteiger partial charge on any atom is 0.230 e. The van der Waals surface area contributed by atoms with Crippen LogP contribution < -0.4 is 10.1 Å². The van der Waals surface area contributed by atoms with Gasteiger partial charge in [-0.3, -0.25) is 0 Å². The fourth-order valence-corrected chi connectivity index (χ4v) is 3.87. The Bertz CT molecular complexity index is 1190. The molecule has 0 amide bonds. The molecule has 0 aliphatic heterocycles. The van der Waals surface area contributed by atoms with E-state index in [1.807, 2.05) is 54.8 Å². The van der Waals surface area contributed by atoms with Gasteiger partial charge in [0.2, 0.25) is 5.95 Å². The van der Waals surface area contributed by atoms with Gasteiger partial charge in [-0.05, 0) is 53.8 Å². The monoisotopic (exact) mass is 450 g/mol. The number of hydrogen-bond donors (Lipinski definition) is 3. The predicted molar refractivity (Wildman–Crippen MR) is 127 cm³/mol. The van der Waals surface area contributed by atoms with Crippen LogP contribution in [0.5, 0.6) is 5.75 Å². The molecule has 2 N–H and O–H groups in total. The lowest BCUT2D eigenvalue weighted by Crippen LogP contribution is -2.02. The molecule has 164 valence electrons. The highest BCUT2D eigenvalue weighted by molar-refractivity contribution is 8.10. The van der Waals surface area contributed by atoms with Crippen molar-refractivity contribution in [1.82, 2.24) is 15.0 Å². The van der Waals surface area contributed by atoms with Crippen molar-refractivity contribution in [1.29, 1.82) is 0 Å². The van der Waals surface area contributed by atoms with E-state index in [9.17, 15) is 8.94 Å². The van der Waals surface area contributed by atoms with Gasteiger partial charge in [-0.1, -0.05) is 36.4 Å². The van der Waals surface area contributed by atoms with Gasteiger partial charge >= 0.3 is 0 Å². The van der Waals surface area contributed by atoms with E-state index in [0.717, 1.165) is 22.4 Å². The lowest BCUT2D eigenvalue weighted by molar-refractivity contribution is 0.307. The molecule has 1 aromatic heterocycles. The molecule has 8 heteroatoms. The van der Waals surface area contributed by atoms with Gasteiger partial charge in [0.25, 0.3) is 0 Å². The SMILES string of the molecule is C[SH](O)Cc1cccc(Nc2ncnc(-c3ccccc3OCc3ccc(F)cc3)n2)c1. The van der Waals surface area contributed by atoms with Gasteiger partial charge in [-0.25, -0.2) is 14.4 Å². The molecule has 0 saturated heterocycles. The molecule has 4 aromatic rings. The van der Waals surface area contributed by atoms with Crippen LogP contribution in [-0.2, 0) is 12.4 Å². The number of benzene rings is 3. The average Bonchev–Trinajstić information content (AvgIpc) is 2.79. The Morgan fingerprint density at radius 3 is 2.59 bits per heavy atom. The maximum absolute atomic E-state index is 13.1. The first-order valence-corrected chi connectivity index (χ1v) is 11.9. The van der Waals surface area contributed by atoms with Crippen molar-refractivity contribution in [3.05, 3.63) is 96.1 Å². The number of nitrogens with one attached hydrogen (secondary N) is 1. The lowest BCUT2D eigenvalue weighted by atomic mass is 10.2. The number of thiol groups is 1. The number of nitrogens with zero attached hydrogens (tertiary/aromatic N) is 3. The molecule has 0 aliphatic rings. The maximum atomic E-state index is 13.1. The highest BCUT2D eigenvalue weighted by Gasteiger charge is 2.11. The van der Waals surface area contributed by atoms with Gasteiger partial charge in [0.1, 0.15) is 24.5 Å². The minimum Gasteiger partial charge on any atom is -0.488 e. The Morgan fingerprint density at radius 2 is 1.78 bits per heavy atom. The molecule has 4 rings (SSSR count). The molecule has 0 saturated carbocycles. The summed E-state index contributed by atoms with van der Waals surface area (Å²) in [6.07, 6.45) is 3.27. The number of ether oxygens (including phenoxy) is 1. The molecule has 0 fully saturated rings. The highest BCUT2D eigenvalue weighted by atomic mass is 32.2.